The first-order valence-corrected chi connectivity index (χ1v) is 5.69. The van der Waals surface area contributed by atoms with Gasteiger partial charge in [0.15, 0.2) is 0 Å². The number of carbonyl (C=O) groups is 1. The summed E-state index contributed by atoms with van der Waals surface area (Å²) in [6.45, 7) is 0. The Labute approximate surface area is 114 Å². The van der Waals surface area contributed by atoms with Crippen LogP contribution in [0.15, 0.2) is 42.5 Å². The number of benzene rings is 2. The Balaban J connectivity index is 2.70. The van der Waals surface area contributed by atoms with Crippen LogP contribution in [0.2, 0.25) is 0 Å². The summed E-state index contributed by atoms with van der Waals surface area (Å²) < 4.78 is 5.14. The topological polar surface area (TPSA) is 89.7 Å². The van der Waals surface area contributed by atoms with Gasteiger partial charge >= 0.3 is 5.97 Å². The van der Waals surface area contributed by atoms with Crippen LogP contribution in [0.3, 0.4) is 0 Å². The molecule has 0 aliphatic rings. The van der Waals surface area contributed by atoms with Crippen LogP contribution in [0.4, 0.5) is 5.69 Å². The number of nitro benzene ring substituents is 1. The lowest BCUT2D eigenvalue weighted by Crippen LogP contribution is -1.98. The molecule has 0 aliphatic heterocycles. The van der Waals surface area contributed by atoms with Gasteiger partial charge in [-0.15, -0.1) is 0 Å². The highest BCUT2D eigenvalue weighted by Crippen LogP contribution is 2.38. The zero-order chi connectivity index (χ0) is 14.7. The number of hydrogen-bond donors (Lipinski definition) is 1. The molecule has 1 N–H and O–H groups in total. The van der Waals surface area contributed by atoms with Gasteiger partial charge in [-0.05, 0) is 23.8 Å². The van der Waals surface area contributed by atoms with E-state index in [2.05, 4.69) is 0 Å². The Morgan fingerprint density at radius 3 is 2.55 bits per heavy atom. The van der Waals surface area contributed by atoms with Gasteiger partial charge in [0.2, 0.25) is 0 Å². The number of aromatic carboxylic acids is 1. The van der Waals surface area contributed by atoms with Gasteiger partial charge in [-0.1, -0.05) is 18.2 Å². The molecule has 2 rings (SSSR count). The maximum absolute atomic E-state index is 11.1. The number of nitrogens with zero attached hydrogens (tertiary/aromatic N) is 1. The van der Waals surface area contributed by atoms with Crippen LogP contribution in [0.1, 0.15) is 10.4 Å². The Hall–Kier alpha value is -2.89. The molecule has 0 aromatic heterocycles. The van der Waals surface area contributed by atoms with E-state index in [1.807, 2.05) is 0 Å². The van der Waals surface area contributed by atoms with Crippen molar-refractivity contribution in [1.29, 1.82) is 0 Å². The molecule has 0 amide bonds. The second-order valence-corrected chi connectivity index (χ2v) is 4.00. The predicted molar refractivity (Wildman–Crippen MR) is 72.0 cm³/mol. The molecule has 0 saturated heterocycles. The lowest BCUT2D eigenvalue weighted by Gasteiger charge is -2.09. The van der Waals surface area contributed by atoms with E-state index in [-0.39, 0.29) is 16.8 Å². The van der Waals surface area contributed by atoms with Gasteiger partial charge in [0.05, 0.1) is 17.6 Å². The molecule has 0 atom stereocenters. The molecular formula is C14H11NO5. The average molecular weight is 273 g/mol. The minimum atomic E-state index is -1.09. The molecule has 0 radical (unpaired) electrons. The first-order chi connectivity index (χ1) is 9.54. The lowest BCUT2D eigenvalue weighted by atomic mass is 10.0. The molecule has 0 unspecified atom stereocenters. The van der Waals surface area contributed by atoms with E-state index in [4.69, 9.17) is 9.84 Å². The fourth-order valence-corrected chi connectivity index (χ4v) is 1.94. The normalized spacial score (nSPS) is 10.1. The molecule has 0 spiro atoms. The SMILES string of the molecule is COc1cccc([N+](=O)[O-])c1-c1cccc(C(=O)O)c1. The van der Waals surface area contributed by atoms with Gasteiger partial charge < -0.3 is 9.84 Å². The number of carboxylic acids is 1. The van der Waals surface area contributed by atoms with Crippen molar-refractivity contribution in [2.45, 2.75) is 0 Å². The number of carboxylic acid groups (broad SMARTS) is 1. The summed E-state index contributed by atoms with van der Waals surface area (Å²) in [4.78, 5) is 21.6. The van der Waals surface area contributed by atoms with Crippen LogP contribution in [0, 0.1) is 10.1 Å². The van der Waals surface area contributed by atoms with Gasteiger partial charge in [-0.25, -0.2) is 4.79 Å². The highest BCUT2D eigenvalue weighted by molar-refractivity contribution is 5.91. The molecule has 6 heteroatoms. The average Bonchev–Trinajstić information content (AvgIpc) is 2.46. The molecule has 0 fully saturated rings. The van der Waals surface area contributed by atoms with Crippen LogP contribution in [0.25, 0.3) is 11.1 Å². The van der Waals surface area contributed by atoms with E-state index >= 15 is 0 Å². The minimum Gasteiger partial charge on any atom is -0.496 e. The van der Waals surface area contributed by atoms with E-state index < -0.39 is 10.9 Å². The monoisotopic (exact) mass is 273 g/mol. The van der Waals surface area contributed by atoms with E-state index in [1.165, 1.54) is 37.4 Å². The molecule has 0 aliphatic carbocycles. The van der Waals surface area contributed by atoms with Gasteiger partial charge in [0.25, 0.3) is 5.69 Å². The number of methoxy groups -OCH3 is 1. The molecule has 0 bridgehead atoms. The van der Waals surface area contributed by atoms with Gasteiger partial charge in [0, 0.05) is 6.07 Å². The summed E-state index contributed by atoms with van der Waals surface area (Å²) in [5.41, 5.74) is 0.617. The summed E-state index contributed by atoms with van der Waals surface area (Å²) in [6, 6.07) is 10.4. The maximum Gasteiger partial charge on any atom is 0.335 e. The highest BCUT2D eigenvalue weighted by atomic mass is 16.6. The van der Waals surface area contributed by atoms with Crippen molar-refractivity contribution in [3.05, 3.63) is 58.1 Å². The van der Waals surface area contributed by atoms with Crippen LogP contribution in [-0.4, -0.2) is 23.1 Å². The Morgan fingerprint density at radius 2 is 1.95 bits per heavy atom. The van der Waals surface area contributed by atoms with Gasteiger partial charge in [0.1, 0.15) is 11.3 Å². The fraction of sp³-hybridized carbons (Fsp3) is 0.0714. The quantitative estimate of drug-likeness (QED) is 0.683. The van der Waals surface area contributed by atoms with Crippen molar-refractivity contribution >= 4 is 11.7 Å². The Morgan fingerprint density at radius 1 is 1.25 bits per heavy atom. The van der Waals surface area contributed by atoms with Crippen molar-refractivity contribution in [3.63, 3.8) is 0 Å². The van der Waals surface area contributed by atoms with Crippen molar-refractivity contribution in [2.75, 3.05) is 7.11 Å². The summed E-state index contributed by atoms with van der Waals surface area (Å²) in [5, 5.41) is 20.1. The van der Waals surface area contributed by atoms with Crippen molar-refractivity contribution in [2.24, 2.45) is 0 Å². The summed E-state index contributed by atoms with van der Waals surface area (Å²) in [7, 11) is 1.41. The van der Waals surface area contributed by atoms with Gasteiger partial charge in [-0.2, -0.15) is 0 Å². The third kappa shape index (κ3) is 2.44. The van der Waals surface area contributed by atoms with Crippen molar-refractivity contribution < 1.29 is 19.6 Å². The molecule has 6 nitrogen and oxygen atoms in total. The minimum absolute atomic E-state index is 0.0581. The first-order valence-electron chi connectivity index (χ1n) is 5.69. The Kier molecular flexibility index (Phi) is 3.65. The lowest BCUT2D eigenvalue weighted by molar-refractivity contribution is -0.384. The molecule has 20 heavy (non-hydrogen) atoms. The van der Waals surface area contributed by atoms with Crippen molar-refractivity contribution in [3.8, 4) is 16.9 Å². The van der Waals surface area contributed by atoms with E-state index in [1.54, 1.807) is 12.1 Å². The van der Waals surface area contributed by atoms with E-state index in [9.17, 15) is 14.9 Å². The number of ether oxygens (including phenoxy) is 1. The summed E-state index contributed by atoms with van der Waals surface area (Å²) in [6.07, 6.45) is 0. The number of nitro groups is 1. The number of rotatable bonds is 4. The maximum atomic E-state index is 11.1. The van der Waals surface area contributed by atoms with Crippen molar-refractivity contribution in [1.82, 2.24) is 0 Å². The molecule has 2 aromatic rings. The second-order valence-electron chi connectivity index (χ2n) is 4.00. The molecule has 0 saturated carbocycles. The second kappa shape index (κ2) is 5.40. The smallest absolute Gasteiger partial charge is 0.335 e. The molecular weight excluding hydrogens is 262 g/mol. The van der Waals surface area contributed by atoms with Crippen LogP contribution in [0.5, 0.6) is 5.75 Å². The largest absolute Gasteiger partial charge is 0.496 e. The highest BCUT2D eigenvalue weighted by Gasteiger charge is 2.20. The zero-order valence-electron chi connectivity index (χ0n) is 10.6. The van der Waals surface area contributed by atoms with E-state index in [0.29, 0.717) is 11.3 Å². The first kappa shape index (κ1) is 13.5. The Bertz CT molecular complexity index is 681. The third-order valence-corrected chi connectivity index (χ3v) is 2.82. The predicted octanol–water partition coefficient (Wildman–Crippen LogP) is 2.97. The zero-order valence-corrected chi connectivity index (χ0v) is 10.6. The van der Waals surface area contributed by atoms with Crippen LogP contribution >= 0.6 is 0 Å². The third-order valence-electron chi connectivity index (χ3n) is 2.82. The summed E-state index contributed by atoms with van der Waals surface area (Å²) in [5.74, 6) is -0.772. The van der Waals surface area contributed by atoms with Gasteiger partial charge in [-0.3, -0.25) is 10.1 Å². The number of hydrogen-bond acceptors (Lipinski definition) is 4. The van der Waals surface area contributed by atoms with E-state index in [0.717, 1.165) is 0 Å². The summed E-state index contributed by atoms with van der Waals surface area (Å²) >= 11 is 0. The molecule has 0 heterocycles. The molecule has 102 valence electrons. The fourth-order valence-electron chi connectivity index (χ4n) is 1.94. The van der Waals surface area contributed by atoms with Crippen LogP contribution < -0.4 is 4.74 Å². The molecule has 2 aromatic carbocycles. The van der Waals surface area contributed by atoms with Crippen LogP contribution in [-0.2, 0) is 0 Å². The standard InChI is InChI=1S/C14H11NO5/c1-20-12-7-3-6-11(15(18)19)13(12)9-4-2-5-10(8-9)14(16)17/h2-8H,1H3,(H,16,17).